The Labute approximate surface area is 117 Å². The fraction of sp³-hybridized carbons (Fsp3) is 0.462. The molecule has 0 aliphatic rings. The number of amides is 1. The van der Waals surface area contributed by atoms with Gasteiger partial charge in [0.1, 0.15) is 11.4 Å². The molecule has 0 aliphatic carbocycles. The average molecular weight is 281 g/mol. The van der Waals surface area contributed by atoms with Crippen molar-refractivity contribution in [2.75, 3.05) is 19.1 Å². The maximum Gasteiger partial charge on any atom is 0.414 e. The second-order valence-electron chi connectivity index (χ2n) is 5.06. The van der Waals surface area contributed by atoms with E-state index in [1.165, 1.54) is 30.6 Å². The van der Waals surface area contributed by atoms with Crippen LogP contribution < -0.4 is 9.64 Å². The maximum atomic E-state index is 12.0. The molecular formula is C13H19N3O4. The predicted molar refractivity (Wildman–Crippen MR) is 74.8 cm³/mol. The van der Waals surface area contributed by atoms with Gasteiger partial charge < -0.3 is 14.7 Å². The van der Waals surface area contributed by atoms with Crippen molar-refractivity contribution in [3.63, 3.8) is 0 Å². The molecule has 0 radical (unpaired) electrons. The Kier molecular flexibility index (Phi) is 4.90. The summed E-state index contributed by atoms with van der Waals surface area (Å²) in [5.74, 6) is 0.385. The van der Waals surface area contributed by atoms with Crippen LogP contribution in [0.1, 0.15) is 26.3 Å². The molecule has 1 aromatic rings. The number of methoxy groups -OCH3 is 1. The van der Waals surface area contributed by atoms with E-state index in [2.05, 4.69) is 10.1 Å². The van der Waals surface area contributed by atoms with Crippen molar-refractivity contribution in [2.24, 2.45) is 5.16 Å². The molecule has 1 amide bonds. The summed E-state index contributed by atoms with van der Waals surface area (Å²) in [5.41, 5.74) is 0.234. The van der Waals surface area contributed by atoms with E-state index < -0.39 is 11.7 Å². The van der Waals surface area contributed by atoms with Gasteiger partial charge in [0.2, 0.25) is 0 Å². The van der Waals surface area contributed by atoms with Gasteiger partial charge in [-0.05, 0) is 20.8 Å². The molecule has 0 aliphatic heterocycles. The zero-order chi connectivity index (χ0) is 15.3. The number of ether oxygens (including phenoxy) is 2. The highest BCUT2D eigenvalue weighted by atomic mass is 16.6. The lowest BCUT2D eigenvalue weighted by molar-refractivity contribution is 0.0589. The first-order valence-electron chi connectivity index (χ1n) is 5.96. The number of carbonyl (C=O) groups is 1. The summed E-state index contributed by atoms with van der Waals surface area (Å²) >= 11 is 0. The standard InChI is InChI=1S/C13H19N3O4/c1-13(2,3)20-12(17)16(4)10-7-14-8-11(19-5)9(10)6-15-18/h6-8,18H,1-5H3/b15-6-. The van der Waals surface area contributed by atoms with Crippen LogP contribution in [0, 0.1) is 0 Å². The number of hydrogen-bond acceptors (Lipinski definition) is 6. The fourth-order valence-corrected chi connectivity index (χ4v) is 1.49. The lowest BCUT2D eigenvalue weighted by Gasteiger charge is -2.25. The number of rotatable bonds is 3. The van der Waals surface area contributed by atoms with E-state index >= 15 is 0 Å². The third-order valence-corrected chi connectivity index (χ3v) is 2.37. The van der Waals surface area contributed by atoms with Crippen molar-refractivity contribution in [1.29, 1.82) is 0 Å². The van der Waals surface area contributed by atoms with Gasteiger partial charge >= 0.3 is 6.09 Å². The van der Waals surface area contributed by atoms with Crippen molar-refractivity contribution >= 4 is 18.0 Å². The maximum absolute atomic E-state index is 12.0. The van der Waals surface area contributed by atoms with Crippen LogP contribution in [0.2, 0.25) is 0 Å². The minimum Gasteiger partial charge on any atom is -0.494 e. The first-order chi connectivity index (χ1) is 9.30. The van der Waals surface area contributed by atoms with Gasteiger partial charge in [0.25, 0.3) is 0 Å². The number of nitrogens with zero attached hydrogens (tertiary/aromatic N) is 3. The number of hydrogen-bond donors (Lipinski definition) is 1. The van der Waals surface area contributed by atoms with Gasteiger partial charge in [0, 0.05) is 7.05 Å². The third kappa shape index (κ3) is 3.84. The molecule has 0 atom stereocenters. The summed E-state index contributed by atoms with van der Waals surface area (Å²) in [6.45, 7) is 5.33. The molecule has 0 unspecified atom stereocenters. The van der Waals surface area contributed by atoms with Gasteiger partial charge in [-0.2, -0.15) is 0 Å². The average Bonchev–Trinajstić information content (AvgIpc) is 2.36. The highest BCUT2D eigenvalue weighted by molar-refractivity contribution is 5.97. The van der Waals surface area contributed by atoms with Gasteiger partial charge in [0.15, 0.2) is 0 Å². The van der Waals surface area contributed by atoms with Crippen LogP contribution in [0.15, 0.2) is 17.5 Å². The molecule has 0 bridgehead atoms. The summed E-state index contributed by atoms with van der Waals surface area (Å²) in [5, 5.41) is 11.7. The molecule has 0 fully saturated rings. The monoisotopic (exact) mass is 281 g/mol. The minimum atomic E-state index is -0.608. The number of pyridine rings is 1. The Bertz CT molecular complexity index is 509. The van der Waals surface area contributed by atoms with Crippen LogP contribution >= 0.6 is 0 Å². The van der Waals surface area contributed by atoms with Crippen LogP contribution in [0.3, 0.4) is 0 Å². The van der Waals surface area contributed by atoms with Crippen LogP contribution in [-0.4, -0.2) is 42.3 Å². The quantitative estimate of drug-likeness (QED) is 0.522. The normalized spacial score (nSPS) is 11.4. The Morgan fingerprint density at radius 1 is 1.45 bits per heavy atom. The molecule has 20 heavy (non-hydrogen) atoms. The molecule has 0 spiro atoms. The van der Waals surface area contributed by atoms with E-state index in [0.29, 0.717) is 17.0 Å². The highest BCUT2D eigenvalue weighted by Gasteiger charge is 2.23. The molecule has 1 aromatic heterocycles. The van der Waals surface area contributed by atoms with Crippen molar-refractivity contribution in [3.05, 3.63) is 18.0 Å². The molecule has 0 aromatic carbocycles. The fourth-order valence-electron chi connectivity index (χ4n) is 1.49. The van der Waals surface area contributed by atoms with Crippen molar-refractivity contribution in [1.82, 2.24) is 4.98 Å². The molecule has 110 valence electrons. The zero-order valence-electron chi connectivity index (χ0n) is 12.2. The van der Waals surface area contributed by atoms with Crippen LogP contribution in [0.5, 0.6) is 5.75 Å². The number of aromatic nitrogens is 1. The Morgan fingerprint density at radius 3 is 2.60 bits per heavy atom. The molecular weight excluding hydrogens is 262 g/mol. The molecule has 1 rings (SSSR count). The second kappa shape index (κ2) is 6.23. The van der Waals surface area contributed by atoms with Crippen LogP contribution in [0.4, 0.5) is 10.5 Å². The molecule has 7 nitrogen and oxygen atoms in total. The Balaban J connectivity index is 3.15. The van der Waals surface area contributed by atoms with E-state index in [1.54, 1.807) is 27.8 Å². The van der Waals surface area contributed by atoms with Gasteiger partial charge in [-0.15, -0.1) is 0 Å². The minimum absolute atomic E-state index is 0.385. The van der Waals surface area contributed by atoms with Crippen LogP contribution in [-0.2, 0) is 4.74 Å². The van der Waals surface area contributed by atoms with Crippen LogP contribution in [0.25, 0.3) is 0 Å². The largest absolute Gasteiger partial charge is 0.494 e. The summed E-state index contributed by atoms with van der Waals surface area (Å²) in [7, 11) is 3.00. The van der Waals surface area contributed by atoms with Crippen molar-refractivity contribution < 1.29 is 19.5 Å². The van der Waals surface area contributed by atoms with E-state index in [-0.39, 0.29) is 0 Å². The van der Waals surface area contributed by atoms with Gasteiger partial charge in [0.05, 0.1) is 37.0 Å². The number of carbonyl (C=O) groups excluding carboxylic acids is 1. The molecule has 0 saturated carbocycles. The summed E-state index contributed by atoms with van der Waals surface area (Å²) in [6, 6.07) is 0. The first-order valence-corrected chi connectivity index (χ1v) is 5.96. The van der Waals surface area contributed by atoms with Crippen molar-refractivity contribution in [3.8, 4) is 5.75 Å². The topological polar surface area (TPSA) is 84.2 Å². The Morgan fingerprint density at radius 2 is 2.10 bits per heavy atom. The number of anilines is 1. The summed E-state index contributed by atoms with van der Waals surface area (Å²) in [4.78, 5) is 17.3. The molecule has 1 heterocycles. The molecule has 1 N–H and O–H groups in total. The van der Waals surface area contributed by atoms with E-state index in [9.17, 15) is 4.79 Å². The third-order valence-electron chi connectivity index (χ3n) is 2.37. The van der Waals surface area contributed by atoms with Crippen molar-refractivity contribution in [2.45, 2.75) is 26.4 Å². The number of oxime groups is 1. The first kappa shape index (κ1) is 15.7. The molecule has 7 heteroatoms. The second-order valence-corrected chi connectivity index (χ2v) is 5.06. The molecule has 0 saturated heterocycles. The lowest BCUT2D eigenvalue weighted by atomic mass is 10.2. The van der Waals surface area contributed by atoms with Gasteiger partial charge in [-0.3, -0.25) is 9.88 Å². The zero-order valence-corrected chi connectivity index (χ0v) is 12.2. The smallest absolute Gasteiger partial charge is 0.414 e. The SMILES string of the molecule is COc1cncc(N(C)C(=O)OC(C)(C)C)c1/C=N\O. The lowest BCUT2D eigenvalue weighted by Crippen LogP contribution is -2.34. The summed E-state index contributed by atoms with van der Waals surface area (Å²) in [6.07, 6.45) is 3.56. The predicted octanol–water partition coefficient (Wildman–Crippen LogP) is 2.27. The van der Waals surface area contributed by atoms with E-state index in [4.69, 9.17) is 14.7 Å². The summed E-state index contributed by atoms with van der Waals surface area (Å²) < 4.78 is 10.4. The van der Waals surface area contributed by atoms with Gasteiger partial charge in [-0.25, -0.2) is 4.79 Å². The van der Waals surface area contributed by atoms with E-state index in [1.807, 2.05) is 0 Å². The van der Waals surface area contributed by atoms with Gasteiger partial charge in [-0.1, -0.05) is 5.16 Å². The highest BCUT2D eigenvalue weighted by Crippen LogP contribution is 2.26. The Hall–Kier alpha value is -2.31. The van der Waals surface area contributed by atoms with E-state index in [0.717, 1.165) is 0 Å².